The molecule has 0 aliphatic heterocycles. The second-order valence-corrected chi connectivity index (χ2v) is 4.11. The summed E-state index contributed by atoms with van der Waals surface area (Å²) >= 11 is 0. The molecule has 1 atom stereocenters. The molecule has 0 aromatic rings. The van der Waals surface area contributed by atoms with Crippen molar-refractivity contribution in [2.45, 2.75) is 64.4 Å². The standard InChI is InChI=1S/C12H22O/c1-2-3-4-5-9-12(13)10-11-7-6-8-11/h7,12-13H,2-6,8-10H2,1H3. The average molecular weight is 182 g/mol. The number of allylic oxidation sites excluding steroid dienone is 1. The van der Waals surface area contributed by atoms with Gasteiger partial charge in [-0.2, -0.15) is 0 Å². The maximum Gasteiger partial charge on any atom is 0.0577 e. The number of hydrogen-bond acceptors (Lipinski definition) is 1. The molecule has 0 aromatic carbocycles. The highest BCUT2D eigenvalue weighted by molar-refractivity contribution is 5.12. The van der Waals surface area contributed by atoms with Crippen LogP contribution in [0.1, 0.15) is 58.3 Å². The van der Waals surface area contributed by atoms with Crippen molar-refractivity contribution in [2.75, 3.05) is 0 Å². The molecule has 1 aliphatic rings. The first-order chi connectivity index (χ1) is 6.33. The highest BCUT2D eigenvalue weighted by atomic mass is 16.3. The Morgan fingerprint density at radius 2 is 2.15 bits per heavy atom. The van der Waals surface area contributed by atoms with E-state index in [1.165, 1.54) is 44.1 Å². The van der Waals surface area contributed by atoms with Gasteiger partial charge in [-0.25, -0.2) is 0 Å². The first-order valence-corrected chi connectivity index (χ1v) is 5.69. The number of unbranched alkanes of at least 4 members (excludes halogenated alkanes) is 3. The molecule has 13 heavy (non-hydrogen) atoms. The molecule has 0 saturated carbocycles. The summed E-state index contributed by atoms with van der Waals surface area (Å²) in [6.45, 7) is 2.22. The molecule has 0 bridgehead atoms. The fraction of sp³-hybridized carbons (Fsp3) is 0.833. The lowest BCUT2D eigenvalue weighted by Crippen LogP contribution is -2.10. The summed E-state index contributed by atoms with van der Waals surface area (Å²) in [5, 5.41) is 9.64. The summed E-state index contributed by atoms with van der Waals surface area (Å²) in [6, 6.07) is 0. The predicted octanol–water partition coefficient (Wildman–Crippen LogP) is 3.43. The Balaban J connectivity index is 1.94. The highest BCUT2D eigenvalue weighted by Gasteiger charge is 2.11. The number of hydrogen-bond donors (Lipinski definition) is 1. The largest absolute Gasteiger partial charge is 0.393 e. The molecule has 0 fully saturated rings. The molecule has 0 aromatic heterocycles. The Morgan fingerprint density at radius 3 is 2.69 bits per heavy atom. The molecule has 76 valence electrons. The van der Waals surface area contributed by atoms with E-state index in [1.807, 2.05) is 0 Å². The van der Waals surface area contributed by atoms with E-state index in [2.05, 4.69) is 13.0 Å². The second kappa shape index (κ2) is 6.20. The van der Waals surface area contributed by atoms with Gasteiger partial charge < -0.3 is 5.11 Å². The predicted molar refractivity (Wildman–Crippen MR) is 56.7 cm³/mol. The number of aliphatic hydroxyl groups excluding tert-OH is 1. The molecule has 1 unspecified atom stereocenters. The maximum absolute atomic E-state index is 9.64. The van der Waals surface area contributed by atoms with E-state index in [4.69, 9.17) is 0 Å². The maximum atomic E-state index is 9.64. The molecule has 0 spiro atoms. The van der Waals surface area contributed by atoms with E-state index in [1.54, 1.807) is 0 Å². The van der Waals surface area contributed by atoms with Gasteiger partial charge in [-0.15, -0.1) is 0 Å². The first kappa shape index (κ1) is 10.8. The van der Waals surface area contributed by atoms with Crippen molar-refractivity contribution < 1.29 is 5.11 Å². The van der Waals surface area contributed by atoms with Gasteiger partial charge in [0.25, 0.3) is 0 Å². The van der Waals surface area contributed by atoms with Gasteiger partial charge in [-0.3, -0.25) is 0 Å². The molecular weight excluding hydrogens is 160 g/mol. The van der Waals surface area contributed by atoms with Crippen LogP contribution in [0.3, 0.4) is 0 Å². The minimum absolute atomic E-state index is 0.0663. The van der Waals surface area contributed by atoms with Gasteiger partial charge >= 0.3 is 0 Å². The van der Waals surface area contributed by atoms with E-state index in [0.717, 1.165) is 12.8 Å². The van der Waals surface area contributed by atoms with Crippen molar-refractivity contribution in [1.29, 1.82) is 0 Å². The fourth-order valence-corrected chi connectivity index (χ4v) is 1.75. The molecule has 1 nitrogen and oxygen atoms in total. The van der Waals surface area contributed by atoms with Gasteiger partial charge in [0.1, 0.15) is 0 Å². The van der Waals surface area contributed by atoms with Gasteiger partial charge in [-0.05, 0) is 25.7 Å². The van der Waals surface area contributed by atoms with Crippen LogP contribution in [0.25, 0.3) is 0 Å². The molecule has 1 rings (SSSR count). The smallest absolute Gasteiger partial charge is 0.0577 e. The Bertz CT molecular complexity index is 161. The molecule has 1 aliphatic carbocycles. The average Bonchev–Trinajstić information content (AvgIpc) is 2.06. The topological polar surface area (TPSA) is 20.2 Å². The van der Waals surface area contributed by atoms with Crippen LogP contribution in [0.2, 0.25) is 0 Å². The van der Waals surface area contributed by atoms with Crippen LogP contribution >= 0.6 is 0 Å². The van der Waals surface area contributed by atoms with Crippen molar-refractivity contribution in [3.05, 3.63) is 11.6 Å². The summed E-state index contributed by atoms with van der Waals surface area (Å²) in [4.78, 5) is 0. The monoisotopic (exact) mass is 182 g/mol. The summed E-state index contributed by atoms with van der Waals surface area (Å²) < 4.78 is 0. The molecule has 0 saturated heterocycles. The van der Waals surface area contributed by atoms with Crippen molar-refractivity contribution in [1.82, 2.24) is 0 Å². The van der Waals surface area contributed by atoms with Gasteiger partial charge in [0.2, 0.25) is 0 Å². The summed E-state index contributed by atoms with van der Waals surface area (Å²) in [7, 11) is 0. The van der Waals surface area contributed by atoms with Crippen LogP contribution in [0, 0.1) is 0 Å². The van der Waals surface area contributed by atoms with Crippen LogP contribution in [-0.2, 0) is 0 Å². The van der Waals surface area contributed by atoms with Crippen molar-refractivity contribution in [2.24, 2.45) is 0 Å². The normalized spacial score (nSPS) is 17.8. The molecular formula is C12H22O. The summed E-state index contributed by atoms with van der Waals surface area (Å²) in [5.41, 5.74) is 1.47. The minimum atomic E-state index is -0.0663. The molecule has 1 heteroatoms. The van der Waals surface area contributed by atoms with Gasteiger partial charge in [-0.1, -0.05) is 44.3 Å². The second-order valence-electron chi connectivity index (χ2n) is 4.11. The third-order valence-corrected chi connectivity index (χ3v) is 2.79. The third kappa shape index (κ3) is 4.47. The third-order valence-electron chi connectivity index (χ3n) is 2.79. The quantitative estimate of drug-likeness (QED) is 0.472. The van der Waals surface area contributed by atoms with E-state index < -0.39 is 0 Å². The van der Waals surface area contributed by atoms with Crippen LogP contribution < -0.4 is 0 Å². The zero-order valence-corrected chi connectivity index (χ0v) is 8.76. The van der Waals surface area contributed by atoms with Crippen LogP contribution in [0.5, 0.6) is 0 Å². The zero-order valence-electron chi connectivity index (χ0n) is 8.76. The Labute approximate surface area is 81.9 Å². The Hall–Kier alpha value is -0.300. The van der Waals surface area contributed by atoms with E-state index in [-0.39, 0.29) is 6.10 Å². The van der Waals surface area contributed by atoms with Gasteiger partial charge in [0.05, 0.1) is 6.10 Å². The highest BCUT2D eigenvalue weighted by Crippen LogP contribution is 2.24. The first-order valence-electron chi connectivity index (χ1n) is 5.69. The molecule has 0 radical (unpaired) electrons. The van der Waals surface area contributed by atoms with E-state index in [0.29, 0.717) is 0 Å². The minimum Gasteiger partial charge on any atom is -0.393 e. The van der Waals surface area contributed by atoms with Crippen molar-refractivity contribution in [3.63, 3.8) is 0 Å². The van der Waals surface area contributed by atoms with E-state index in [9.17, 15) is 5.11 Å². The Kier molecular flexibility index (Phi) is 5.14. The Morgan fingerprint density at radius 1 is 1.38 bits per heavy atom. The van der Waals surface area contributed by atoms with Gasteiger partial charge in [0.15, 0.2) is 0 Å². The van der Waals surface area contributed by atoms with E-state index >= 15 is 0 Å². The number of aliphatic hydroxyl groups is 1. The molecule has 1 N–H and O–H groups in total. The van der Waals surface area contributed by atoms with Crippen LogP contribution in [0.4, 0.5) is 0 Å². The summed E-state index contributed by atoms with van der Waals surface area (Å²) in [5.74, 6) is 0. The molecule has 0 heterocycles. The lowest BCUT2D eigenvalue weighted by molar-refractivity contribution is 0.158. The van der Waals surface area contributed by atoms with Crippen molar-refractivity contribution >= 4 is 0 Å². The lowest BCUT2D eigenvalue weighted by atomic mass is 9.92. The number of rotatable bonds is 7. The van der Waals surface area contributed by atoms with Gasteiger partial charge in [0, 0.05) is 0 Å². The molecule has 0 amide bonds. The SMILES string of the molecule is CCCCCCC(O)CC1=CCC1. The van der Waals surface area contributed by atoms with Crippen LogP contribution in [-0.4, -0.2) is 11.2 Å². The zero-order chi connectivity index (χ0) is 9.52. The fourth-order valence-electron chi connectivity index (χ4n) is 1.75. The van der Waals surface area contributed by atoms with Crippen LogP contribution in [0.15, 0.2) is 11.6 Å². The van der Waals surface area contributed by atoms with Crippen molar-refractivity contribution in [3.8, 4) is 0 Å². The lowest BCUT2D eigenvalue weighted by Gasteiger charge is -2.18. The summed E-state index contributed by atoms with van der Waals surface area (Å²) in [6.07, 6.45) is 11.7.